The van der Waals surface area contributed by atoms with Crippen molar-refractivity contribution >= 4 is 8.07 Å². The van der Waals surface area contributed by atoms with E-state index in [1.807, 2.05) is 6.92 Å². The first-order chi connectivity index (χ1) is 5.27. The van der Waals surface area contributed by atoms with Gasteiger partial charge in [0.15, 0.2) is 0 Å². The number of hydrogen-bond acceptors (Lipinski definition) is 2. The standard InChI is InChI=1S/C9H24N2Si/c1-9(11,8-10)6-5-7-12(2,3)4/h5-8,10-11H2,1-4H3. The van der Waals surface area contributed by atoms with Crippen molar-refractivity contribution in [1.29, 1.82) is 0 Å². The summed E-state index contributed by atoms with van der Waals surface area (Å²) in [5, 5.41) is 0. The van der Waals surface area contributed by atoms with E-state index in [-0.39, 0.29) is 5.54 Å². The summed E-state index contributed by atoms with van der Waals surface area (Å²) < 4.78 is 0. The van der Waals surface area contributed by atoms with Crippen LogP contribution in [-0.4, -0.2) is 20.2 Å². The van der Waals surface area contributed by atoms with Crippen molar-refractivity contribution in [3.63, 3.8) is 0 Å². The molecule has 0 rings (SSSR count). The van der Waals surface area contributed by atoms with Crippen LogP contribution in [-0.2, 0) is 0 Å². The molecule has 0 aromatic carbocycles. The molecular weight excluding hydrogens is 164 g/mol. The Morgan fingerprint density at radius 1 is 1.25 bits per heavy atom. The number of rotatable bonds is 5. The van der Waals surface area contributed by atoms with Crippen LogP contribution in [0.25, 0.3) is 0 Å². The molecule has 0 aromatic rings. The minimum Gasteiger partial charge on any atom is -0.329 e. The summed E-state index contributed by atoms with van der Waals surface area (Å²) in [6.07, 6.45) is 2.30. The molecule has 0 bridgehead atoms. The topological polar surface area (TPSA) is 52.0 Å². The molecule has 0 radical (unpaired) electrons. The van der Waals surface area contributed by atoms with E-state index in [9.17, 15) is 0 Å². The van der Waals surface area contributed by atoms with Crippen LogP contribution in [0.5, 0.6) is 0 Å². The van der Waals surface area contributed by atoms with E-state index in [4.69, 9.17) is 11.5 Å². The second-order valence-corrected chi connectivity index (χ2v) is 10.9. The smallest absolute Gasteiger partial charge is 0.0442 e. The Morgan fingerprint density at radius 2 is 1.75 bits per heavy atom. The van der Waals surface area contributed by atoms with Gasteiger partial charge in [-0.1, -0.05) is 32.1 Å². The monoisotopic (exact) mass is 188 g/mol. The first-order valence-corrected chi connectivity index (χ1v) is 8.46. The predicted octanol–water partition coefficient (Wildman–Crippen LogP) is 1.78. The van der Waals surface area contributed by atoms with Gasteiger partial charge in [-0.2, -0.15) is 0 Å². The van der Waals surface area contributed by atoms with E-state index < -0.39 is 8.07 Å². The van der Waals surface area contributed by atoms with Crippen molar-refractivity contribution in [2.75, 3.05) is 6.54 Å². The molecule has 3 heteroatoms. The lowest BCUT2D eigenvalue weighted by atomic mass is 9.98. The molecule has 74 valence electrons. The molecule has 0 saturated heterocycles. The van der Waals surface area contributed by atoms with Crippen LogP contribution in [0.4, 0.5) is 0 Å². The van der Waals surface area contributed by atoms with Crippen LogP contribution in [0, 0.1) is 0 Å². The Bertz CT molecular complexity index is 127. The second-order valence-electron chi connectivity index (χ2n) is 5.27. The van der Waals surface area contributed by atoms with Crippen molar-refractivity contribution in [2.45, 2.75) is 51.0 Å². The average Bonchev–Trinajstić information content (AvgIpc) is 1.84. The Labute approximate surface area is 77.7 Å². The van der Waals surface area contributed by atoms with Gasteiger partial charge in [-0.05, 0) is 13.3 Å². The van der Waals surface area contributed by atoms with E-state index in [1.165, 1.54) is 12.5 Å². The fraction of sp³-hybridized carbons (Fsp3) is 1.00. The molecule has 0 amide bonds. The lowest BCUT2D eigenvalue weighted by molar-refractivity contribution is 0.437. The zero-order valence-corrected chi connectivity index (χ0v) is 9.98. The van der Waals surface area contributed by atoms with Crippen molar-refractivity contribution in [3.8, 4) is 0 Å². The first-order valence-electron chi connectivity index (χ1n) is 4.76. The van der Waals surface area contributed by atoms with Gasteiger partial charge in [0.2, 0.25) is 0 Å². The zero-order valence-electron chi connectivity index (χ0n) is 8.98. The molecule has 0 spiro atoms. The fourth-order valence-electron chi connectivity index (χ4n) is 1.12. The third-order valence-corrected chi connectivity index (χ3v) is 3.99. The van der Waals surface area contributed by atoms with Crippen LogP contribution in [0.15, 0.2) is 0 Å². The second kappa shape index (κ2) is 4.39. The Balaban J connectivity index is 3.57. The van der Waals surface area contributed by atoms with Gasteiger partial charge >= 0.3 is 0 Å². The molecule has 0 aliphatic carbocycles. The zero-order chi connectivity index (χ0) is 9.83. The average molecular weight is 188 g/mol. The molecule has 1 unspecified atom stereocenters. The van der Waals surface area contributed by atoms with Crippen molar-refractivity contribution in [1.82, 2.24) is 0 Å². The van der Waals surface area contributed by atoms with Gasteiger partial charge in [0.05, 0.1) is 0 Å². The van der Waals surface area contributed by atoms with Gasteiger partial charge in [-0.15, -0.1) is 0 Å². The van der Waals surface area contributed by atoms with Gasteiger partial charge in [0.25, 0.3) is 0 Å². The van der Waals surface area contributed by atoms with Crippen molar-refractivity contribution < 1.29 is 0 Å². The van der Waals surface area contributed by atoms with E-state index in [0.29, 0.717) is 6.54 Å². The highest BCUT2D eigenvalue weighted by atomic mass is 28.3. The normalized spacial score (nSPS) is 17.5. The van der Waals surface area contributed by atoms with E-state index in [0.717, 1.165) is 6.42 Å². The van der Waals surface area contributed by atoms with E-state index >= 15 is 0 Å². The van der Waals surface area contributed by atoms with E-state index in [1.54, 1.807) is 0 Å². The highest BCUT2D eigenvalue weighted by Gasteiger charge is 2.18. The number of hydrogen-bond donors (Lipinski definition) is 2. The number of nitrogens with two attached hydrogens (primary N) is 2. The van der Waals surface area contributed by atoms with Crippen LogP contribution in [0.3, 0.4) is 0 Å². The summed E-state index contributed by atoms with van der Waals surface area (Å²) in [5.41, 5.74) is 11.3. The lowest BCUT2D eigenvalue weighted by Crippen LogP contribution is -2.44. The van der Waals surface area contributed by atoms with Gasteiger partial charge in [0, 0.05) is 20.2 Å². The minimum absolute atomic E-state index is 0.139. The van der Waals surface area contributed by atoms with Crippen molar-refractivity contribution in [3.05, 3.63) is 0 Å². The quantitative estimate of drug-likeness (QED) is 0.646. The first kappa shape index (κ1) is 12.1. The summed E-state index contributed by atoms with van der Waals surface area (Å²) >= 11 is 0. The maximum absolute atomic E-state index is 5.94. The Morgan fingerprint density at radius 3 is 2.08 bits per heavy atom. The molecule has 2 nitrogen and oxygen atoms in total. The summed E-state index contributed by atoms with van der Waals surface area (Å²) in [7, 11) is -0.866. The summed E-state index contributed by atoms with van der Waals surface area (Å²) in [6, 6.07) is 1.36. The maximum Gasteiger partial charge on any atom is 0.0442 e. The van der Waals surface area contributed by atoms with Gasteiger partial charge in [0.1, 0.15) is 0 Å². The van der Waals surface area contributed by atoms with Gasteiger partial charge < -0.3 is 11.5 Å². The largest absolute Gasteiger partial charge is 0.329 e. The molecule has 0 saturated carbocycles. The molecule has 12 heavy (non-hydrogen) atoms. The molecule has 0 aromatic heterocycles. The van der Waals surface area contributed by atoms with Crippen LogP contribution in [0.1, 0.15) is 19.8 Å². The minimum atomic E-state index is -0.866. The van der Waals surface area contributed by atoms with Gasteiger partial charge in [-0.3, -0.25) is 0 Å². The highest BCUT2D eigenvalue weighted by Crippen LogP contribution is 2.16. The van der Waals surface area contributed by atoms with Crippen LogP contribution in [0.2, 0.25) is 25.7 Å². The maximum atomic E-state index is 5.94. The molecule has 0 aliphatic heterocycles. The lowest BCUT2D eigenvalue weighted by Gasteiger charge is -2.24. The molecular formula is C9H24N2Si. The highest BCUT2D eigenvalue weighted by molar-refractivity contribution is 6.76. The Hall–Kier alpha value is 0.137. The third-order valence-electron chi connectivity index (χ3n) is 2.14. The molecule has 0 fully saturated rings. The SMILES string of the molecule is CC(N)(CN)CCC[Si](C)(C)C. The molecule has 0 heterocycles. The summed E-state index contributed by atoms with van der Waals surface area (Å²) in [5.74, 6) is 0. The van der Waals surface area contributed by atoms with Crippen LogP contribution >= 0.6 is 0 Å². The molecule has 4 N–H and O–H groups in total. The van der Waals surface area contributed by atoms with Crippen molar-refractivity contribution in [2.24, 2.45) is 11.5 Å². The Kier molecular flexibility index (Phi) is 4.44. The van der Waals surface area contributed by atoms with Gasteiger partial charge in [-0.25, -0.2) is 0 Å². The fourth-order valence-corrected chi connectivity index (χ4v) is 2.36. The van der Waals surface area contributed by atoms with E-state index in [2.05, 4.69) is 19.6 Å². The third kappa shape index (κ3) is 6.82. The summed E-state index contributed by atoms with van der Waals surface area (Å²) in [6.45, 7) is 9.81. The predicted molar refractivity (Wildman–Crippen MR) is 59.0 cm³/mol. The molecule has 1 atom stereocenters. The van der Waals surface area contributed by atoms with Crippen LogP contribution < -0.4 is 11.5 Å². The molecule has 0 aliphatic rings. The summed E-state index contributed by atoms with van der Waals surface area (Å²) in [4.78, 5) is 0.